The van der Waals surface area contributed by atoms with Crippen LogP contribution in [0.5, 0.6) is 0 Å². The molecule has 9 nitrogen and oxygen atoms in total. The third kappa shape index (κ3) is 7.20. The molecule has 0 bridgehead atoms. The number of nitrogens with two attached hydrogens (primary N) is 1. The highest BCUT2D eigenvalue weighted by atomic mass is 35.5. The highest BCUT2D eigenvalue weighted by Gasteiger charge is 2.70. The lowest BCUT2D eigenvalue weighted by atomic mass is 9.33. The number of esters is 1. The Labute approximate surface area is 364 Å². The Hall–Kier alpha value is -2.75. The van der Waals surface area contributed by atoms with Crippen LogP contribution in [0.3, 0.4) is 0 Å². The van der Waals surface area contributed by atoms with Gasteiger partial charge < -0.3 is 26.2 Å². The van der Waals surface area contributed by atoms with Gasteiger partial charge in [0.1, 0.15) is 6.10 Å². The first-order valence-corrected chi connectivity index (χ1v) is 23.6. The maximum absolute atomic E-state index is 14.2. The van der Waals surface area contributed by atoms with Crippen molar-refractivity contribution in [3.05, 3.63) is 46.0 Å². The highest BCUT2D eigenvalue weighted by Crippen LogP contribution is 2.77. The molecule has 0 spiro atoms. The zero-order chi connectivity index (χ0) is 43.8. The average molecular weight is 849 g/mol. The third-order valence-corrected chi connectivity index (χ3v) is 19.0. The number of aliphatic carboxylic acids is 1. The van der Waals surface area contributed by atoms with Crippen molar-refractivity contribution in [3.63, 3.8) is 0 Å². The molecule has 0 aromatic heterocycles. The Morgan fingerprint density at radius 2 is 1.58 bits per heavy atom. The van der Waals surface area contributed by atoms with E-state index in [2.05, 4.69) is 59.1 Å². The van der Waals surface area contributed by atoms with Gasteiger partial charge in [-0.05, 0) is 159 Å². The number of carboxylic acids is 1. The first-order valence-electron chi connectivity index (χ1n) is 23.3. The summed E-state index contributed by atoms with van der Waals surface area (Å²) in [4.78, 5) is 52.7. The van der Waals surface area contributed by atoms with E-state index < -0.39 is 17.3 Å². The highest BCUT2D eigenvalue weighted by molar-refractivity contribution is 6.30. The molecule has 0 radical (unpaired) electrons. The number of benzene rings is 1. The predicted octanol–water partition coefficient (Wildman–Crippen LogP) is 9.41. The van der Waals surface area contributed by atoms with Crippen molar-refractivity contribution < 1.29 is 29.0 Å². The Morgan fingerprint density at radius 1 is 0.883 bits per heavy atom. The maximum atomic E-state index is 14.2. The molecule has 5 fully saturated rings. The van der Waals surface area contributed by atoms with Crippen LogP contribution < -0.4 is 16.4 Å². The van der Waals surface area contributed by atoms with Crippen LogP contribution in [0, 0.1) is 68.0 Å². The second-order valence-electron chi connectivity index (χ2n) is 22.5. The summed E-state index contributed by atoms with van der Waals surface area (Å²) in [5, 5.41) is 17.1. The minimum absolute atomic E-state index is 0.0586. The Bertz CT molecular complexity index is 1890. The van der Waals surface area contributed by atoms with Crippen molar-refractivity contribution in [2.45, 2.75) is 152 Å². The van der Waals surface area contributed by atoms with Crippen molar-refractivity contribution >= 4 is 35.2 Å². The molecule has 0 saturated heterocycles. The van der Waals surface area contributed by atoms with Crippen molar-refractivity contribution in [2.75, 3.05) is 19.6 Å². The van der Waals surface area contributed by atoms with E-state index in [1.54, 1.807) is 24.3 Å². The summed E-state index contributed by atoms with van der Waals surface area (Å²) in [7, 11) is 0. The van der Waals surface area contributed by atoms with Gasteiger partial charge in [-0.3, -0.25) is 19.2 Å². The number of halogens is 1. The Morgan fingerprint density at radius 3 is 2.22 bits per heavy atom. The maximum Gasteiger partial charge on any atom is 0.309 e. The second kappa shape index (κ2) is 16.1. The van der Waals surface area contributed by atoms with E-state index in [0.717, 1.165) is 69.9 Å². The zero-order valence-corrected chi connectivity index (χ0v) is 38.7. The number of hydrogen-bond donors (Lipinski definition) is 4. The number of hydrogen-bond acceptors (Lipinski definition) is 7. The smallest absolute Gasteiger partial charge is 0.309 e. The minimum atomic E-state index is -0.828. The number of carbonyl (C=O) groups is 4. The molecule has 5 saturated carbocycles. The molecule has 6 aliphatic carbocycles. The van der Waals surface area contributed by atoms with Crippen molar-refractivity contribution in [3.8, 4) is 0 Å². The van der Waals surface area contributed by atoms with Crippen molar-refractivity contribution in [2.24, 2.45) is 73.7 Å². The quantitative estimate of drug-likeness (QED) is 0.113. The van der Waals surface area contributed by atoms with Gasteiger partial charge in [0.15, 0.2) is 5.78 Å². The average Bonchev–Trinajstić information content (AvgIpc) is 3.46. The standard InChI is InChI=1S/C50H74ClN3O6/c1-29(2)40-36(55)27-50(23-25-53-28-32(18-24-52)54-42(56)30-10-12-31(51)13-11-30)22-21-48(8)33(41(40)50)14-15-38-47(7)19-17-39(46(5,6)37(47)16-20-49(38,48)9)60-44(59)35-26-34(43(57)58)45(35,3)4/h10-13,29,32-35,37-39,53H,14-28,52H2,1-9H3,(H,54,56)(H,57,58)/t32?,33-,34+,35-,37+,38-,39+,47+,48-,49-,50-/m1/s1. The minimum Gasteiger partial charge on any atom is -0.481 e. The number of fused-ring (bicyclic) bond motifs is 7. The zero-order valence-electron chi connectivity index (χ0n) is 38.0. The van der Waals surface area contributed by atoms with Gasteiger partial charge in [0.2, 0.25) is 0 Å². The fourth-order valence-corrected chi connectivity index (χ4v) is 15.2. The van der Waals surface area contributed by atoms with E-state index >= 15 is 0 Å². The number of carboxylic acid groups (broad SMARTS) is 1. The molecule has 1 aromatic carbocycles. The number of carbonyl (C=O) groups excluding carboxylic acids is 3. The largest absolute Gasteiger partial charge is 0.481 e. The number of nitrogens with one attached hydrogen (secondary N) is 2. The van der Waals surface area contributed by atoms with Gasteiger partial charge in [0.25, 0.3) is 5.91 Å². The number of allylic oxidation sites excluding steroid dienone is 2. The van der Waals surface area contributed by atoms with Crippen LogP contribution in [0.25, 0.3) is 0 Å². The number of Topliss-reactive ketones (excluding diaryl/α,β-unsaturated/α-hetero) is 1. The Balaban J connectivity index is 1.06. The molecule has 6 aliphatic rings. The summed E-state index contributed by atoms with van der Waals surface area (Å²) in [6, 6.07) is 6.81. The summed E-state index contributed by atoms with van der Waals surface area (Å²) < 4.78 is 6.44. The monoisotopic (exact) mass is 848 g/mol. The van der Waals surface area contributed by atoms with Crippen molar-refractivity contribution in [1.29, 1.82) is 0 Å². The van der Waals surface area contributed by atoms with Gasteiger partial charge >= 0.3 is 11.9 Å². The molecule has 5 N–H and O–H groups in total. The lowest BCUT2D eigenvalue weighted by Gasteiger charge is -2.72. The fourth-order valence-electron chi connectivity index (χ4n) is 15.1. The van der Waals surface area contributed by atoms with Gasteiger partial charge in [-0.1, -0.05) is 79.5 Å². The molecule has 0 aliphatic heterocycles. The summed E-state index contributed by atoms with van der Waals surface area (Å²) >= 11 is 6.05. The molecule has 1 aromatic rings. The van der Waals surface area contributed by atoms with E-state index in [0.29, 0.717) is 66.5 Å². The summed E-state index contributed by atoms with van der Waals surface area (Å²) in [5.41, 5.74) is 8.46. The molecule has 0 heterocycles. The molecule has 332 valence electrons. The number of amides is 1. The van der Waals surface area contributed by atoms with Crippen LogP contribution in [0.2, 0.25) is 5.02 Å². The molecule has 11 atom stereocenters. The van der Waals surface area contributed by atoms with Crippen LogP contribution in [0.15, 0.2) is 35.4 Å². The number of ether oxygens (including phenoxy) is 1. The van der Waals surface area contributed by atoms with Gasteiger partial charge in [0, 0.05) is 40.4 Å². The van der Waals surface area contributed by atoms with Gasteiger partial charge in [-0.25, -0.2) is 0 Å². The van der Waals surface area contributed by atoms with Crippen LogP contribution in [0.1, 0.15) is 150 Å². The van der Waals surface area contributed by atoms with Crippen LogP contribution in [0.4, 0.5) is 0 Å². The predicted molar refractivity (Wildman–Crippen MR) is 236 cm³/mol. The normalized spacial score (nSPS) is 38.2. The first kappa shape index (κ1) is 45.3. The van der Waals surface area contributed by atoms with E-state index in [9.17, 15) is 24.3 Å². The van der Waals surface area contributed by atoms with Gasteiger partial charge in [-0.2, -0.15) is 0 Å². The molecular weight excluding hydrogens is 774 g/mol. The molecule has 1 unspecified atom stereocenters. The third-order valence-electron chi connectivity index (χ3n) is 18.8. The summed E-state index contributed by atoms with van der Waals surface area (Å²) in [5.74, 6) is -0.244. The number of rotatable bonds is 13. The van der Waals surface area contributed by atoms with Crippen LogP contribution >= 0.6 is 11.6 Å². The fraction of sp³-hybridized carbons (Fsp3) is 0.760. The van der Waals surface area contributed by atoms with E-state index in [1.165, 1.54) is 5.57 Å². The lowest BCUT2D eigenvalue weighted by Crippen LogP contribution is -2.66. The molecule has 7 rings (SSSR count). The molecular formula is C50H74ClN3O6. The second-order valence-corrected chi connectivity index (χ2v) is 22.9. The van der Waals surface area contributed by atoms with Gasteiger partial charge in [0.05, 0.1) is 11.8 Å². The summed E-state index contributed by atoms with van der Waals surface area (Å²) in [6.45, 7) is 22.5. The molecule has 10 heteroatoms. The topological polar surface area (TPSA) is 148 Å². The SMILES string of the molecule is CC(C)C1=C2[C@H]3CC[C@@H]4[C@@]5(C)CC[C@H](OC(=O)[C@H]6C[C@@H](C(=O)O)C6(C)C)C(C)(C)[C@@H]5CC[C@@]4(C)[C@]3(C)CC[C@@]2(CCNCC(CCN)NC(=O)c2ccc(Cl)cc2)CC1=O. The van der Waals surface area contributed by atoms with E-state index in [4.69, 9.17) is 22.1 Å². The molecule has 60 heavy (non-hydrogen) atoms. The first-order chi connectivity index (χ1) is 28.1. The molecule has 1 amide bonds. The van der Waals surface area contributed by atoms with E-state index in [1.807, 2.05) is 13.8 Å². The van der Waals surface area contributed by atoms with Crippen LogP contribution in [-0.2, 0) is 19.1 Å². The lowest BCUT2D eigenvalue weighted by molar-refractivity contribution is -0.236. The van der Waals surface area contributed by atoms with Gasteiger partial charge in [-0.15, -0.1) is 0 Å². The van der Waals surface area contributed by atoms with E-state index in [-0.39, 0.29) is 62.9 Å². The number of ketones is 1. The van der Waals surface area contributed by atoms with Crippen LogP contribution in [-0.4, -0.2) is 60.5 Å². The van der Waals surface area contributed by atoms with Crippen molar-refractivity contribution in [1.82, 2.24) is 10.6 Å². The Kier molecular flexibility index (Phi) is 12.2. The summed E-state index contributed by atoms with van der Waals surface area (Å²) in [6.07, 6.45) is 10.8.